The van der Waals surface area contributed by atoms with Crippen LogP contribution in [0.2, 0.25) is 0 Å². The molecule has 0 saturated heterocycles. The van der Waals surface area contributed by atoms with E-state index >= 15 is 0 Å². The molecule has 0 aliphatic heterocycles. The summed E-state index contributed by atoms with van der Waals surface area (Å²) in [6.45, 7) is 8.56. The van der Waals surface area contributed by atoms with Crippen molar-refractivity contribution in [3.8, 4) is 0 Å². The lowest BCUT2D eigenvalue weighted by Gasteiger charge is -2.18. The van der Waals surface area contributed by atoms with Crippen molar-refractivity contribution in [1.82, 2.24) is 9.62 Å². The number of amides is 1. The summed E-state index contributed by atoms with van der Waals surface area (Å²) < 4.78 is 26.2. The van der Waals surface area contributed by atoms with Crippen LogP contribution in [0.4, 0.5) is 0 Å². The summed E-state index contributed by atoms with van der Waals surface area (Å²) in [6, 6.07) is 6.99. The Hall–Kier alpha value is -1.40. The van der Waals surface area contributed by atoms with Crippen LogP contribution in [0, 0.1) is 0 Å². The standard InChI is InChI=1S/C17H28N2O3S/c1-5-14(4)18-17(20)13-10-15-8-11-16(12-9-15)23(21,22)19(6-2)7-3/h8-9,11-12,14H,5-7,10,13H2,1-4H3,(H,18,20). The van der Waals surface area contributed by atoms with E-state index in [0.717, 1.165) is 12.0 Å². The molecule has 130 valence electrons. The van der Waals surface area contributed by atoms with Crippen molar-refractivity contribution in [1.29, 1.82) is 0 Å². The second kappa shape index (κ2) is 9.03. The Kier molecular flexibility index (Phi) is 7.72. The van der Waals surface area contributed by atoms with E-state index in [1.807, 2.05) is 27.7 Å². The summed E-state index contributed by atoms with van der Waals surface area (Å²) in [5, 5.41) is 2.92. The second-order valence-corrected chi connectivity index (χ2v) is 7.55. The molecule has 5 nitrogen and oxygen atoms in total. The molecule has 1 atom stereocenters. The Balaban J connectivity index is 2.69. The molecule has 0 aromatic heterocycles. The maximum Gasteiger partial charge on any atom is 0.243 e. The molecule has 0 fully saturated rings. The molecule has 0 heterocycles. The van der Waals surface area contributed by atoms with Crippen LogP contribution in [-0.2, 0) is 21.2 Å². The second-order valence-electron chi connectivity index (χ2n) is 5.61. The zero-order valence-corrected chi connectivity index (χ0v) is 15.3. The highest BCUT2D eigenvalue weighted by molar-refractivity contribution is 7.89. The number of hydrogen-bond acceptors (Lipinski definition) is 3. The van der Waals surface area contributed by atoms with Gasteiger partial charge in [0.15, 0.2) is 0 Å². The van der Waals surface area contributed by atoms with Crippen LogP contribution >= 0.6 is 0 Å². The van der Waals surface area contributed by atoms with E-state index in [1.54, 1.807) is 24.3 Å². The highest BCUT2D eigenvalue weighted by Gasteiger charge is 2.21. The number of hydrogen-bond donors (Lipinski definition) is 1. The van der Waals surface area contributed by atoms with E-state index in [0.29, 0.717) is 30.8 Å². The zero-order valence-electron chi connectivity index (χ0n) is 14.5. The van der Waals surface area contributed by atoms with Gasteiger partial charge < -0.3 is 5.32 Å². The Morgan fingerprint density at radius 2 is 1.70 bits per heavy atom. The van der Waals surface area contributed by atoms with Gasteiger partial charge in [-0.2, -0.15) is 4.31 Å². The van der Waals surface area contributed by atoms with Crippen LogP contribution < -0.4 is 5.32 Å². The highest BCUT2D eigenvalue weighted by atomic mass is 32.2. The normalized spacial score (nSPS) is 13.1. The van der Waals surface area contributed by atoms with Gasteiger partial charge in [0, 0.05) is 25.6 Å². The number of nitrogens with zero attached hydrogens (tertiary/aromatic N) is 1. The van der Waals surface area contributed by atoms with Gasteiger partial charge in [-0.15, -0.1) is 0 Å². The van der Waals surface area contributed by atoms with Gasteiger partial charge in [-0.25, -0.2) is 8.42 Å². The van der Waals surface area contributed by atoms with Crippen molar-refractivity contribution in [3.05, 3.63) is 29.8 Å². The fourth-order valence-corrected chi connectivity index (χ4v) is 3.71. The average molecular weight is 340 g/mol. The van der Waals surface area contributed by atoms with Crippen LogP contribution in [0.15, 0.2) is 29.2 Å². The molecule has 1 amide bonds. The lowest BCUT2D eigenvalue weighted by Crippen LogP contribution is -2.32. The first-order valence-corrected chi connectivity index (χ1v) is 9.67. The maximum absolute atomic E-state index is 12.4. The van der Waals surface area contributed by atoms with Gasteiger partial charge in [-0.05, 0) is 37.5 Å². The molecule has 1 N–H and O–H groups in total. The molecule has 0 radical (unpaired) electrons. The fourth-order valence-electron chi connectivity index (χ4n) is 2.25. The SMILES string of the molecule is CCC(C)NC(=O)CCc1ccc(S(=O)(=O)N(CC)CC)cc1. The maximum atomic E-state index is 12.4. The third kappa shape index (κ3) is 5.62. The molecular weight excluding hydrogens is 312 g/mol. The van der Waals surface area contributed by atoms with Crippen molar-refractivity contribution in [2.75, 3.05) is 13.1 Å². The number of sulfonamides is 1. The van der Waals surface area contributed by atoms with Gasteiger partial charge in [0.05, 0.1) is 4.90 Å². The third-order valence-electron chi connectivity index (χ3n) is 3.93. The quantitative estimate of drug-likeness (QED) is 0.751. The first kappa shape index (κ1) is 19.6. The summed E-state index contributed by atoms with van der Waals surface area (Å²) in [5.41, 5.74) is 0.961. The largest absolute Gasteiger partial charge is 0.354 e. The minimum atomic E-state index is -3.41. The van der Waals surface area contributed by atoms with Crippen molar-refractivity contribution in [2.24, 2.45) is 0 Å². The van der Waals surface area contributed by atoms with Gasteiger partial charge in [0.25, 0.3) is 0 Å². The lowest BCUT2D eigenvalue weighted by molar-refractivity contribution is -0.121. The van der Waals surface area contributed by atoms with Gasteiger partial charge in [-0.3, -0.25) is 4.79 Å². The molecule has 23 heavy (non-hydrogen) atoms. The van der Waals surface area contributed by atoms with E-state index in [-0.39, 0.29) is 11.9 Å². The van der Waals surface area contributed by atoms with Gasteiger partial charge in [0.1, 0.15) is 0 Å². The van der Waals surface area contributed by atoms with Crippen LogP contribution in [0.3, 0.4) is 0 Å². The summed E-state index contributed by atoms with van der Waals surface area (Å²) in [7, 11) is -3.41. The third-order valence-corrected chi connectivity index (χ3v) is 5.99. The number of rotatable bonds is 9. The summed E-state index contributed by atoms with van der Waals surface area (Å²) in [5.74, 6) is 0.0270. The number of aryl methyl sites for hydroxylation is 1. The Bertz CT molecular complexity index is 593. The first-order chi connectivity index (χ1) is 10.8. The van der Waals surface area contributed by atoms with Gasteiger partial charge in [0.2, 0.25) is 15.9 Å². The number of carbonyl (C=O) groups is 1. The topological polar surface area (TPSA) is 66.5 Å². The summed E-state index contributed by atoms with van der Waals surface area (Å²) in [6.07, 6.45) is 1.92. The number of carbonyl (C=O) groups excluding carboxylic acids is 1. The Labute approximate surface area is 140 Å². The minimum absolute atomic E-state index is 0.0270. The number of nitrogens with one attached hydrogen (secondary N) is 1. The summed E-state index contributed by atoms with van der Waals surface area (Å²) in [4.78, 5) is 12.1. The Morgan fingerprint density at radius 3 is 2.17 bits per heavy atom. The fraction of sp³-hybridized carbons (Fsp3) is 0.588. The highest BCUT2D eigenvalue weighted by Crippen LogP contribution is 2.16. The van der Waals surface area contributed by atoms with Crippen LogP contribution in [0.5, 0.6) is 0 Å². The predicted octanol–water partition coefficient (Wildman–Crippen LogP) is 2.56. The monoisotopic (exact) mass is 340 g/mol. The van der Waals surface area contributed by atoms with E-state index in [9.17, 15) is 13.2 Å². The van der Waals surface area contributed by atoms with E-state index < -0.39 is 10.0 Å². The molecule has 0 aliphatic rings. The van der Waals surface area contributed by atoms with Crippen molar-refractivity contribution in [2.45, 2.75) is 57.9 Å². The van der Waals surface area contributed by atoms with Gasteiger partial charge in [-0.1, -0.05) is 32.9 Å². The van der Waals surface area contributed by atoms with E-state index in [2.05, 4.69) is 5.32 Å². The lowest BCUT2D eigenvalue weighted by atomic mass is 10.1. The molecule has 0 spiro atoms. The summed E-state index contributed by atoms with van der Waals surface area (Å²) >= 11 is 0. The number of benzene rings is 1. The van der Waals surface area contributed by atoms with Crippen molar-refractivity contribution >= 4 is 15.9 Å². The molecule has 6 heteroatoms. The smallest absolute Gasteiger partial charge is 0.243 e. The molecule has 0 saturated carbocycles. The zero-order chi connectivity index (χ0) is 17.5. The molecule has 1 rings (SSSR count). The molecule has 1 aromatic carbocycles. The van der Waals surface area contributed by atoms with E-state index in [4.69, 9.17) is 0 Å². The van der Waals surface area contributed by atoms with Gasteiger partial charge >= 0.3 is 0 Å². The van der Waals surface area contributed by atoms with E-state index in [1.165, 1.54) is 4.31 Å². The van der Waals surface area contributed by atoms with Crippen LogP contribution in [-0.4, -0.2) is 37.8 Å². The van der Waals surface area contributed by atoms with Crippen LogP contribution in [0.25, 0.3) is 0 Å². The Morgan fingerprint density at radius 1 is 1.13 bits per heavy atom. The molecule has 1 aromatic rings. The molecule has 0 bridgehead atoms. The first-order valence-electron chi connectivity index (χ1n) is 8.23. The average Bonchev–Trinajstić information content (AvgIpc) is 2.54. The van der Waals surface area contributed by atoms with Crippen molar-refractivity contribution < 1.29 is 13.2 Å². The molecular formula is C17H28N2O3S. The van der Waals surface area contributed by atoms with Crippen molar-refractivity contribution in [3.63, 3.8) is 0 Å². The molecule has 0 aliphatic carbocycles. The molecule has 1 unspecified atom stereocenters. The predicted molar refractivity (Wildman–Crippen MR) is 92.8 cm³/mol. The minimum Gasteiger partial charge on any atom is -0.354 e. The van der Waals surface area contributed by atoms with Crippen LogP contribution in [0.1, 0.15) is 46.1 Å².